The minimum absolute atomic E-state index is 0. The molecule has 0 aromatic heterocycles. The van der Waals surface area contributed by atoms with Crippen LogP contribution in [-0.2, 0) is 18.3 Å². The predicted molar refractivity (Wildman–Crippen MR) is 15.2 cm³/mol. The van der Waals surface area contributed by atoms with Crippen molar-refractivity contribution in [3.8, 4) is 0 Å². The monoisotopic (exact) mass is 139 g/mol. The van der Waals surface area contributed by atoms with E-state index in [2.05, 4.69) is 0 Å². The molecule has 0 saturated carbocycles. The van der Waals surface area contributed by atoms with Gasteiger partial charge in [-0.2, -0.15) is 0 Å². The van der Waals surface area contributed by atoms with E-state index in [4.69, 9.17) is 12.2 Å². The van der Waals surface area contributed by atoms with Gasteiger partial charge in [-0.1, -0.05) is 0 Å². The van der Waals surface area contributed by atoms with Crippen molar-refractivity contribution in [3.63, 3.8) is 0 Å². The Morgan fingerprint density at radius 1 is 1.17 bits per heavy atom. The molecular weight excluding hydrogens is 131 g/mol. The molecule has 0 aromatic rings. The Balaban J connectivity index is -0.0000000450. The molecule has 0 aliphatic carbocycles. The topological polar surface area (TPSA) is 128 Å². The molecule has 0 amide bonds. The van der Waals surface area contributed by atoms with Crippen molar-refractivity contribution in [2.45, 2.75) is 0 Å². The van der Waals surface area contributed by atoms with Gasteiger partial charge in [-0.3, -0.25) is 0 Å². The third-order valence-corrected chi connectivity index (χ3v) is 0. The molecule has 0 aromatic carbocycles. The zero-order chi connectivity index (χ0) is 3.58. The summed E-state index contributed by atoms with van der Waals surface area (Å²) in [6, 6.07) is 0. The first kappa shape index (κ1) is 16.4. The third kappa shape index (κ3) is 1630. The molecule has 6 heteroatoms. The summed E-state index contributed by atoms with van der Waals surface area (Å²) in [6.45, 7) is 0. The Hall–Kier alpha value is 0.159. The Kier molecular flexibility index (Phi) is 24.5. The quantitative estimate of drug-likeness (QED) is 0.323. The normalized spacial score (nSPS) is 5.83. The molecule has 6 heavy (non-hydrogen) atoms. The van der Waals surface area contributed by atoms with Gasteiger partial charge < -0.3 is 12.3 Å². The van der Waals surface area contributed by atoms with E-state index in [9.17, 15) is 0 Å². The molecule has 0 spiro atoms. The average Bonchev–Trinajstić information content (AvgIpc) is 0.811. The summed E-state index contributed by atoms with van der Waals surface area (Å²) in [4.78, 5) is 0. The van der Waals surface area contributed by atoms with E-state index >= 15 is 0 Å². The summed E-state index contributed by atoms with van der Waals surface area (Å²) in [5, 5.41) is 0. The van der Waals surface area contributed by atoms with Crippen molar-refractivity contribution in [2.24, 2.45) is 0 Å². The van der Waals surface area contributed by atoms with Crippen LogP contribution in [0.15, 0.2) is 0 Å². The first-order valence-electron chi connectivity index (χ1n) is 0.492. The second-order valence-electron chi connectivity index (χ2n) is 0.214. The number of hydrogen-bond donors (Lipinski definition) is 4. The zero-order valence-electron chi connectivity index (χ0n) is 3.09. The van der Waals surface area contributed by atoms with Crippen LogP contribution in [0.5, 0.6) is 0 Å². The summed E-state index contributed by atoms with van der Waals surface area (Å²) in [5.74, 6) is 0. The van der Waals surface area contributed by atoms with Crippen LogP contribution in [0.4, 0.5) is 0 Å². The van der Waals surface area contributed by atoms with Crippen LogP contribution >= 0.6 is 0 Å². The standard InChI is InChI=1S/Mn.2H3N.2H2O.O/h;2*1H3;2*1H2;/q+2;;;;;/p-2. The van der Waals surface area contributed by atoms with Crippen LogP contribution in [0, 0.1) is 0 Å². The molecule has 0 heterocycles. The molecule has 0 rings (SSSR count). The van der Waals surface area contributed by atoms with E-state index in [-0.39, 0.29) is 12.3 Å². The summed E-state index contributed by atoms with van der Waals surface area (Å²) in [5.41, 5.74) is 0. The van der Waals surface area contributed by atoms with E-state index in [0.29, 0.717) is 0 Å². The minimum atomic E-state index is -3.15. The molecule has 43 valence electrons. The Labute approximate surface area is 39.9 Å². The maximum absolute atomic E-state index is 8.74. The van der Waals surface area contributed by atoms with Crippen LogP contribution in [0.2, 0.25) is 0 Å². The SMILES string of the molecule is N.N.[O]=[Mn]([OH])[OH]. The van der Waals surface area contributed by atoms with Crippen LogP contribution in [0.3, 0.4) is 0 Å². The van der Waals surface area contributed by atoms with Crippen molar-refractivity contribution in [1.82, 2.24) is 12.3 Å². The van der Waals surface area contributed by atoms with E-state index in [1.807, 2.05) is 0 Å². The molecule has 8 N–H and O–H groups in total. The van der Waals surface area contributed by atoms with Gasteiger partial charge in [-0.25, -0.2) is 0 Å². The first-order chi connectivity index (χ1) is 1.73. The molecule has 0 unspecified atom stereocenters. The van der Waals surface area contributed by atoms with Crippen LogP contribution in [-0.4, -0.2) is 8.38 Å². The van der Waals surface area contributed by atoms with Gasteiger partial charge in [0, 0.05) is 0 Å². The first-order valence-corrected chi connectivity index (χ1v) is 2.03. The number of rotatable bonds is 0. The Morgan fingerprint density at radius 3 is 1.17 bits per heavy atom. The van der Waals surface area contributed by atoms with Gasteiger partial charge in [0.05, 0.1) is 0 Å². The van der Waals surface area contributed by atoms with Crippen LogP contribution in [0.25, 0.3) is 0 Å². The van der Waals surface area contributed by atoms with Crippen molar-refractivity contribution >= 4 is 0 Å². The fourth-order valence-electron chi connectivity index (χ4n) is 0. The van der Waals surface area contributed by atoms with E-state index in [1.165, 1.54) is 0 Å². The molecular formula is H8MnN2O3. The van der Waals surface area contributed by atoms with Crippen molar-refractivity contribution in [3.05, 3.63) is 0 Å². The molecule has 0 aliphatic rings. The zero-order valence-corrected chi connectivity index (χ0v) is 4.28. The summed E-state index contributed by atoms with van der Waals surface area (Å²) in [7, 11) is 0. The van der Waals surface area contributed by atoms with Gasteiger partial charge in [-0.05, 0) is 0 Å². The second kappa shape index (κ2) is 8.94. The summed E-state index contributed by atoms with van der Waals surface area (Å²) < 4.78 is 23.1. The van der Waals surface area contributed by atoms with Gasteiger partial charge in [-0.15, -0.1) is 0 Å². The van der Waals surface area contributed by atoms with Crippen molar-refractivity contribution in [2.75, 3.05) is 0 Å². The van der Waals surface area contributed by atoms with E-state index in [1.54, 1.807) is 0 Å². The van der Waals surface area contributed by atoms with Gasteiger partial charge in [0.25, 0.3) is 0 Å². The molecule has 0 saturated heterocycles. The fraction of sp³-hybridized carbons (Fsp3) is 0. The average molecular weight is 139 g/mol. The van der Waals surface area contributed by atoms with E-state index in [0.717, 1.165) is 0 Å². The molecule has 0 aliphatic heterocycles. The molecule has 0 fully saturated rings. The molecule has 0 radical (unpaired) electrons. The summed E-state index contributed by atoms with van der Waals surface area (Å²) in [6.07, 6.45) is 0. The molecule has 5 nitrogen and oxygen atoms in total. The predicted octanol–water partition coefficient (Wildman–Crippen LogP) is -0.911. The van der Waals surface area contributed by atoms with Crippen molar-refractivity contribution in [1.29, 1.82) is 0 Å². The Bertz CT molecular complexity index is 31.8. The maximum atomic E-state index is 8.74. The number of hydrogen-bond acceptors (Lipinski definition) is 3. The fourth-order valence-corrected chi connectivity index (χ4v) is 0. The van der Waals surface area contributed by atoms with Gasteiger partial charge in [0.2, 0.25) is 0 Å². The van der Waals surface area contributed by atoms with Gasteiger partial charge in [0.15, 0.2) is 0 Å². The molecule has 0 bridgehead atoms. The van der Waals surface area contributed by atoms with Gasteiger partial charge >= 0.3 is 26.7 Å². The van der Waals surface area contributed by atoms with E-state index < -0.39 is 14.5 Å². The second-order valence-corrected chi connectivity index (χ2v) is 0.881. The molecule has 0 atom stereocenters. The van der Waals surface area contributed by atoms with Crippen molar-refractivity contribution < 1.29 is 26.7 Å². The Morgan fingerprint density at radius 2 is 1.17 bits per heavy atom. The summed E-state index contributed by atoms with van der Waals surface area (Å²) >= 11 is -3.15. The van der Waals surface area contributed by atoms with Gasteiger partial charge in [0.1, 0.15) is 0 Å². The van der Waals surface area contributed by atoms with Crippen LogP contribution < -0.4 is 12.3 Å². The third-order valence-electron chi connectivity index (χ3n) is 0. The van der Waals surface area contributed by atoms with Crippen LogP contribution in [0.1, 0.15) is 0 Å².